The van der Waals surface area contributed by atoms with Crippen molar-refractivity contribution in [3.8, 4) is 0 Å². The SMILES string of the molecule is COC(=O)C1CCC(C2CC(C)C(Br)CC2C)C(C)C1. The predicted molar refractivity (Wildman–Crippen MR) is 85.8 cm³/mol. The number of carbonyl (C=O) groups is 1. The minimum atomic E-state index is 0.000818. The van der Waals surface area contributed by atoms with Crippen LogP contribution in [0.25, 0.3) is 0 Å². The molecule has 0 spiro atoms. The molecule has 2 aliphatic carbocycles. The number of alkyl halides is 1. The number of rotatable bonds is 2. The van der Waals surface area contributed by atoms with Gasteiger partial charge in [0.05, 0.1) is 13.0 Å². The summed E-state index contributed by atoms with van der Waals surface area (Å²) in [6.45, 7) is 7.14. The highest BCUT2D eigenvalue weighted by molar-refractivity contribution is 9.09. The van der Waals surface area contributed by atoms with E-state index in [-0.39, 0.29) is 11.9 Å². The Bertz CT molecular complexity index is 344. The third-order valence-corrected chi connectivity index (χ3v) is 7.19. The molecule has 7 unspecified atom stereocenters. The number of carbonyl (C=O) groups excluding carboxylic acids is 1. The van der Waals surface area contributed by atoms with Gasteiger partial charge >= 0.3 is 5.97 Å². The van der Waals surface area contributed by atoms with E-state index in [0.29, 0.717) is 10.7 Å². The number of methoxy groups -OCH3 is 1. The van der Waals surface area contributed by atoms with Crippen LogP contribution in [0.3, 0.4) is 0 Å². The summed E-state index contributed by atoms with van der Waals surface area (Å²) in [6, 6.07) is 0. The first-order valence-electron chi connectivity index (χ1n) is 8.15. The van der Waals surface area contributed by atoms with Crippen molar-refractivity contribution in [1.29, 1.82) is 0 Å². The Morgan fingerprint density at radius 3 is 2.20 bits per heavy atom. The van der Waals surface area contributed by atoms with Gasteiger partial charge in [0.2, 0.25) is 0 Å². The first-order chi connectivity index (χ1) is 9.43. The maximum absolute atomic E-state index is 11.7. The van der Waals surface area contributed by atoms with Crippen molar-refractivity contribution in [1.82, 2.24) is 0 Å². The van der Waals surface area contributed by atoms with E-state index in [0.717, 1.165) is 36.5 Å². The fourth-order valence-electron chi connectivity index (χ4n) is 4.60. The average molecular weight is 345 g/mol. The summed E-state index contributed by atoms with van der Waals surface area (Å²) in [5.41, 5.74) is 0. The van der Waals surface area contributed by atoms with Gasteiger partial charge in [0.15, 0.2) is 0 Å². The molecule has 20 heavy (non-hydrogen) atoms. The van der Waals surface area contributed by atoms with E-state index in [1.54, 1.807) is 0 Å². The zero-order valence-electron chi connectivity index (χ0n) is 13.3. The molecule has 0 radical (unpaired) electrons. The van der Waals surface area contributed by atoms with Gasteiger partial charge in [0, 0.05) is 4.83 Å². The fraction of sp³-hybridized carbons (Fsp3) is 0.941. The lowest BCUT2D eigenvalue weighted by Gasteiger charge is -2.45. The number of hydrogen-bond acceptors (Lipinski definition) is 2. The van der Waals surface area contributed by atoms with Gasteiger partial charge in [-0.2, -0.15) is 0 Å². The van der Waals surface area contributed by atoms with E-state index in [4.69, 9.17) is 4.74 Å². The lowest BCUT2D eigenvalue weighted by atomic mass is 9.61. The lowest BCUT2D eigenvalue weighted by Crippen LogP contribution is -2.39. The van der Waals surface area contributed by atoms with Gasteiger partial charge in [-0.3, -0.25) is 4.79 Å². The molecule has 2 nitrogen and oxygen atoms in total. The summed E-state index contributed by atoms with van der Waals surface area (Å²) in [5.74, 6) is 4.02. The van der Waals surface area contributed by atoms with Gasteiger partial charge in [0.25, 0.3) is 0 Å². The standard InChI is InChI=1S/C17H29BrO2/c1-10-7-13(17(19)20-4)5-6-14(10)15-8-12(3)16(18)9-11(15)2/h10-16H,5-9H2,1-4H3. The Morgan fingerprint density at radius 2 is 1.60 bits per heavy atom. The minimum absolute atomic E-state index is 0.000818. The minimum Gasteiger partial charge on any atom is -0.469 e. The quantitative estimate of drug-likeness (QED) is 0.538. The van der Waals surface area contributed by atoms with Crippen molar-refractivity contribution in [2.75, 3.05) is 7.11 Å². The van der Waals surface area contributed by atoms with Crippen molar-refractivity contribution in [2.24, 2.45) is 35.5 Å². The van der Waals surface area contributed by atoms with Gasteiger partial charge in [-0.15, -0.1) is 0 Å². The normalized spacial score (nSPS) is 46.0. The van der Waals surface area contributed by atoms with Crippen LogP contribution >= 0.6 is 15.9 Å². The molecule has 116 valence electrons. The van der Waals surface area contributed by atoms with E-state index >= 15 is 0 Å². The highest BCUT2D eigenvalue weighted by atomic mass is 79.9. The van der Waals surface area contributed by atoms with Gasteiger partial charge in [-0.25, -0.2) is 0 Å². The summed E-state index contributed by atoms with van der Waals surface area (Å²) in [7, 11) is 1.51. The topological polar surface area (TPSA) is 26.3 Å². The Morgan fingerprint density at radius 1 is 0.950 bits per heavy atom. The van der Waals surface area contributed by atoms with Crippen LogP contribution in [0.2, 0.25) is 0 Å². The van der Waals surface area contributed by atoms with Crippen molar-refractivity contribution in [3.63, 3.8) is 0 Å². The molecule has 3 heteroatoms. The first kappa shape index (κ1) is 16.3. The van der Waals surface area contributed by atoms with Crippen LogP contribution in [0.15, 0.2) is 0 Å². The van der Waals surface area contributed by atoms with Crippen LogP contribution in [-0.4, -0.2) is 17.9 Å². The van der Waals surface area contributed by atoms with Crippen molar-refractivity contribution in [2.45, 2.75) is 57.7 Å². The average Bonchev–Trinajstić information content (AvgIpc) is 2.42. The highest BCUT2D eigenvalue weighted by Crippen LogP contribution is 2.48. The second-order valence-electron chi connectivity index (χ2n) is 7.28. The Kier molecular flexibility index (Phi) is 5.56. The summed E-state index contributed by atoms with van der Waals surface area (Å²) in [5, 5.41) is 0. The van der Waals surface area contributed by atoms with Crippen LogP contribution in [-0.2, 0) is 9.53 Å². The largest absolute Gasteiger partial charge is 0.469 e. The van der Waals surface area contributed by atoms with E-state index in [1.807, 2.05) is 0 Å². The van der Waals surface area contributed by atoms with Crippen molar-refractivity contribution >= 4 is 21.9 Å². The molecule has 0 heterocycles. The molecule has 7 atom stereocenters. The number of halogens is 1. The second kappa shape index (κ2) is 6.81. The number of esters is 1. The summed E-state index contributed by atoms with van der Waals surface area (Å²) in [4.78, 5) is 12.4. The molecule has 0 aromatic rings. The van der Waals surface area contributed by atoms with Crippen LogP contribution in [0.1, 0.15) is 52.9 Å². The number of ether oxygens (including phenoxy) is 1. The Balaban J connectivity index is 1.98. The monoisotopic (exact) mass is 344 g/mol. The first-order valence-corrected chi connectivity index (χ1v) is 9.07. The van der Waals surface area contributed by atoms with Gasteiger partial charge in [-0.1, -0.05) is 36.7 Å². The van der Waals surface area contributed by atoms with Crippen LogP contribution in [0.5, 0.6) is 0 Å². The molecule has 0 saturated heterocycles. The summed E-state index contributed by atoms with van der Waals surface area (Å²) < 4.78 is 4.93. The Labute approximate surface area is 132 Å². The molecule has 0 aromatic heterocycles. The van der Waals surface area contributed by atoms with Gasteiger partial charge in [-0.05, 0) is 61.7 Å². The fourth-order valence-corrected chi connectivity index (χ4v) is 5.41. The van der Waals surface area contributed by atoms with Gasteiger partial charge in [0.1, 0.15) is 0 Å². The number of hydrogen-bond donors (Lipinski definition) is 0. The maximum Gasteiger partial charge on any atom is 0.308 e. The molecule has 0 N–H and O–H groups in total. The summed E-state index contributed by atoms with van der Waals surface area (Å²) >= 11 is 3.84. The lowest BCUT2D eigenvalue weighted by molar-refractivity contribution is -0.148. The molecule has 0 amide bonds. The van der Waals surface area contributed by atoms with Crippen molar-refractivity contribution < 1.29 is 9.53 Å². The van der Waals surface area contributed by atoms with Crippen LogP contribution in [0.4, 0.5) is 0 Å². The third kappa shape index (κ3) is 3.40. The molecular weight excluding hydrogens is 316 g/mol. The zero-order valence-corrected chi connectivity index (χ0v) is 14.9. The maximum atomic E-state index is 11.7. The highest BCUT2D eigenvalue weighted by Gasteiger charge is 2.41. The molecule has 2 saturated carbocycles. The van der Waals surface area contributed by atoms with E-state index in [9.17, 15) is 4.79 Å². The Hall–Kier alpha value is -0.0500. The molecule has 0 aliphatic heterocycles. The molecule has 0 bridgehead atoms. The summed E-state index contributed by atoms with van der Waals surface area (Å²) in [6.07, 6.45) is 5.89. The van der Waals surface area contributed by atoms with E-state index in [2.05, 4.69) is 36.7 Å². The molecule has 2 aliphatic rings. The molecule has 0 aromatic carbocycles. The van der Waals surface area contributed by atoms with E-state index < -0.39 is 0 Å². The molecule has 2 fully saturated rings. The van der Waals surface area contributed by atoms with Crippen molar-refractivity contribution in [3.05, 3.63) is 0 Å². The van der Waals surface area contributed by atoms with Crippen LogP contribution < -0.4 is 0 Å². The zero-order chi connectivity index (χ0) is 14.9. The van der Waals surface area contributed by atoms with Crippen LogP contribution in [0, 0.1) is 35.5 Å². The van der Waals surface area contributed by atoms with E-state index in [1.165, 1.54) is 26.4 Å². The second-order valence-corrected chi connectivity index (χ2v) is 8.46. The predicted octanol–water partition coefficient (Wildman–Crippen LogP) is 4.66. The van der Waals surface area contributed by atoms with Gasteiger partial charge < -0.3 is 4.74 Å². The smallest absolute Gasteiger partial charge is 0.308 e. The third-order valence-electron chi connectivity index (χ3n) is 5.91. The molecular formula is C17H29BrO2. The molecule has 2 rings (SSSR count).